The van der Waals surface area contributed by atoms with Gasteiger partial charge in [-0.15, -0.1) is 16.4 Å². The molecule has 2 heterocycles. The summed E-state index contributed by atoms with van der Waals surface area (Å²) in [6.45, 7) is 2.73. The first-order valence-corrected chi connectivity index (χ1v) is 7.28. The zero-order valence-corrected chi connectivity index (χ0v) is 11.8. The average molecular weight is 298 g/mol. The van der Waals surface area contributed by atoms with Crippen LogP contribution in [0.4, 0.5) is 0 Å². The van der Waals surface area contributed by atoms with Crippen LogP contribution >= 0.6 is 34.7 Å². The van der Waals surface area contributed by atoms with Crippen LogP contribution in [0.5, 0.6) is 0 Å². The van der Waals surface area contributed by atoms with Crippen molar-refractivity contribution < 1.29 is 0 Å². The third-order valence-corrected chi connectivity index (χ3v) is 4.69. The Morgan fingerprint density at radius 2 is 2.33 bits per heavy atom. The number of hydrogen-bond donors (Lipinski definition) is 0. The zero-order valence-electron chi connectivity index (χ0n) is 9.37. The minimum atomic E-state index is 0.672. The summed E-state index contributed by atoms with van der Waals surface area (Å²) in [6, 6.07) is 5.77. The number of tetrazole rings is 1. The van der Waals surface area contributed by atoms with E-state index in [2.05, 4.69) is 20.5 Å². The molecule has 0 aliphatic heterocycles. The van der Waals surface area contributed by atoms with E-state index in [9.17, 15) is 0 Å². The highest BCUT2D eigenvalue weighted by molar-refractivity contribution is 8.01. The van der Waals surface area contributed by atoms with Crippen LogP contribution in [0, 0.1) is 0 Å². The van der Waals surface area contributed by atoms with Gasteiger partial charge in [0.05, 0.1) is 9.72 Å². The molecule has 2 aromatic heterocycles. The first-order chi connectivity index (χ1) is 8.78. The summed E-state index contributed by atoms with van der Waals surface area (Å²) < 4.78 is 3.70. The number of halogens is 1. The Kier molecular flexibility index (Phi) is 3.19. The monoisotopic (exact) mass is 297 g/mol. The van der Waals surface area contributed by atoms with Crippen LogP contribution in [0.3, 0.4) is 0 Å². The molecule has 0 aliphatic carbocycles. The van der Waals surface area contributed by atoms with Crippen molar-refractivity contribution in [3.63, 3.8) is 0 Å². The van der Waals surface area contributed by atoms with E-state index in [4.69, 9.17) is 11.6 Å². The van der Waals surface area contributed by atoms with Gasteiger partial charge in [-0.25, -0.2) is 9.67 Å². The minimum absolute atomic E-state index is 0.672. The molecule has 1 aromatic carbocycles. The van der Waals surface area contributed by atoms with Crippen molar-refractivity contribution in [2.24, 2.45) is 0 Å². The number of aromatic nitrogens is 5. The Morgan fingerprint density at radius 3 is 3.11 bits per heavy atom. The van der Waals surface area contributed by atoms with Gasteiger partial charge in [-0.2, -0.15) is 0 Å². The molecular formula is C10H8ClN5S2. The largest absolute Gasteiger partial charge is 0.228 e. The van der Waals surface area contributed by atoms with Crippen molar-refractivity contribution in [2.75, 3.05) is 0 Å². The molecule has 92 valence electrons. The summed E-state index contributed by atoms with van der Waals surface area (Å²) in [7, 11) is 0. The second-order valence-electron chi connectivity index (χ2n) is 3.45. The molecule has 0 unspecified atom stereocenters. The molecular weight excluding hydrogens is 290 g/mol. The van der Waals surface area contributed by atoms with Crippen LogP contribution in [0.25, 0.3) is 10.2 Å². The molecule has 0 bridgehead atoms. The van der Waals surface area contributed by atoms with Gasteiger partial charge in [0.25, 0.3) is 0 Å². The van der Waals surface area contributed by atoms with Gasteiger partial charge in [0.15, 0.2) is 4.34 Å². The van der Waals surface area contributed by atoms with E-state index >= 15 is 0 Å². The first kappa shape index (κ1) is 11.9. The Morgan fingerprint density at radius 1 is 1.44 bits per heavy atom. The van der Waals surface area contributed by atoms with Gasteiger partial charge in [-0.3, -0.25) is 0 Å². The highest BCUT2D eigenvalue weighted by atomic mass is 35.5. The highest BCUT2D eigenvalue weighted by Gasteiger charge is 2.12. The van der Waals surface area contributed by atoms with Crippen LogP contribution in [-0.2, 0) is 6.54 Å². The van der Waals surface area contributed by atoms with E-state index in [1.807, 2.05) is 25.1 Å². The molecule has 0 amide bonds. The molecule has 0 N–H and O–H groups in total. The molecule has 0 atom stereocenters. The Labute approximate surface area is 116 Å². The van der Waals surface area contributed by atoms with Crippen LogP contribution < -0.4 is 0 Å². The van der Waals surface area contributed by atoms with E-state index in [-0.39, 0.29) is 0 Å². The molecule has 5 nitrogen and oxygen atoms in total. The van der Waals surface area contributed by atoms with Crippen molar-refractivity contribution in [3.05, 3.63) is 23.2 Å². The lowest BCUT2D eigenvalue weighted by Crippen LogP contribution is -1.98. The minimum Gasteiger partial charge on any atom is -0.228 e. The van der Waals surface area contributed by atoms with Gasteiger partial charge in [-0.05, 0) is 41.2 Å². The van der Waals surface area contributed by atoms with Crippen molar-refractivity contribution in [2.45, 2.75) is 23.0 Å². The molecule has 8 heteroatoms. The second kappa shape index (κ2) is 4.83. The fraction of sp³-hybridized carbons (Fsp3) is 0.200. The number of aryl methyl sites for hydroxylation is 1. The number of nitrogens with zero attached hydrogens (tertiary/aromatic N) is 5. The SMILES string of the molecule is CCn1nnnc1Sc1nc2c(Cl)cccc2s1. The second-order valence-corrected chi connectivity index (χ2v) is 6.10. The van der Waals surface area contributed by atoms with Crippen molar-refractivity contribution in [1.82, 2.24) is 25.2 Å². The Bertz CT molecular complexity index is 692. The summed E-state index contributed by atoms with van der Waals surface area (Å²) in [5, 5.41) is 12.9. The first-order valence-electron chi connectivity index (χ1n) is 5.27. The van der Waals surface area contributed by atoms with Crippen LogP contribution in [0.15, 0.2) is 27.7 Å². The fourth-order valence-electron chi connectivity index (χ4n) is 1.48. The van der Waals surface area contributed by atoms with Crippen LogP contribution in [-0.4, -0.2) is 25.2 Å². The molecule has 3 aromatic rings. The zero-order chi connectivity index (χ0) is 12.5. The van der Waals surface area contributed by atoms with Crippen LogP contribution in [0.1, 0.15) is 6.92 Å². The molecule has 0 radical (unpaired) electrons. The summed E-state index contributed by atoms with van der Waals surface area (Å²) in [5.74, 6) is 0. The topological polar surface area (TPSA) is 56.5 Å². The van der Waals surface area contributed by atoms with E-state index in [1.54, 1.807) is 16.0 Å². The maximum atomic E-state index is 6.10. The third kappa shape index (κ3) is 2.09. The van der Waals surface area contributed by atoms with Crippen molar-refractivity contribution >= 4 is 44.9 Å². The van der Waals surface area contributed by atoms with Gasteiger partial charge < -0.3 is 0 Å². The fourth-order valence-corrected chi connectivity index (χ4v) is 3.78. The normalized spacial score (nSPS) is 11.2. The summed E-state index contributed by atoms with van der Waals surface area (Å²) in [4.78, 5) is 4.50. The van der Waals surface area contributed by atoms with Crippen molar-refractivity contribution in [1.29, 1.82) is 0 Å². The van der Waals surface area contributed by atoms with Gasteiger partial charge in [0.1, 0.15) is 5.52 Å². The number of thiazole rings is 1. The van der Waals surface area contributed by atoms with E-state index in [0.717, 1.165) is 26.3 Å². The lowest BCUT2D eigenvalue weighted by molar-refractivity contribution is 0.581. The van der Waals surface area contributed by atoms with Crippen LogP contribution in [0.2, 0.25) is 5.02 Å². The molecule has 0 saturated heterocycles. The predicted molar refractivity (Wildman–Crippen MR) is 72.2 cm³/mol. The van der Waals surface area contributed by atoms with Crippen molar-refractivity contribution in [3.8, 4) is 0 Å². The standard InChI is InChI=1S/C10H8ClN5S2/c1-2-16-9(13-14-15-16)18-10-12-8-6(11)4-3-5-7(8)17-10/h3-5H,2H2,1H3. The number of benzene rings is 1. The molecule has 0 saturated carbocycles. The van der Waals surface area contributed by atoms with Gasteiger partial charge in [0.2, 0.25) is 5.16 Å². The lowest BCUT2D eigenvalue weighted by Gasteiger charge is -1.96. The Balaban J connectivity index is 1.98. The molecule has 18 heavy (non-hydrogen) atoms. The molecule has 0 aliphatic rings. The highest BCUT2D eigenvalue weighted by Crippen LogP contribution is 2.35. The maximum Gasteiger partial charge on any atom is 0.216 e. The predicted octanol–water partition coefficient (Wildman–Crippen LogP) is 3.11. The maximum absolute atomic E-state index is 6.10. The lowest BCUT2D eigenvalue weighted by atomic mass is 10.3. The number of para-hydroxylation sites is 1. The summed E-state index contributed by atoms with van der Waals surface area (Å²) >= 11 is 9.14. The number of rotatable bonds is 3. The summed E-state index contributed by atoms with van der Waals surface area (Å²) in [5.41, 5.74) is 0.835. The molecule has 0 spiro atoms. The summed E-state index contributed by atoms with van der Waals surface area (Å²) in [6.07, 6.45) is 0. The molecule has 0 fully saturated rings. The van der Waals surface area contributed by atoms with E-state index in [1.165, 1.54) is 11.8 Å². The Hall–Kier alpha value is -1.18. The van der Waals surface area contributed by atoms with E-state index in [0.29, 0.717) is 5.02 Å². The average Bonchev–Trinajstić information content (AvgIpc) is 2.96. The quantitative estimate of drug-likeness (QED) is 0.743. The smallest absolute Gasteiger partial charge is 0.216 e. The van der Waals surface area contributed by atoms with Gasteiger partial charge in [0, 0.05) is 6.54 Å². The van der Waals surface area contributed by atoms with Gasteiger partial charge >= 0.3 is 0 Å². The third-order valence-electron chi connectivity index (χ3n) is 2.33. The molecule has 3 rings (SSSR count). The number of fused-ring (bicyclic) bond motifs is 1. The number of hydrogen-bond acceptors (Lipinski definition) is 6. The van der Waals surface area contributed by atoms with E-state index < -0.39 is 0 Å². The van der Waals surface area contributed by atoms with Gasteiger partial charge in [-0.1, -0.05) is 17.7 Å².